The Morgan fingerprint density at radius 1 is 0.820 bits per heavy atom. The van der Waals surface area contributed by atoms with Gasteiger partial charge in [-0.2, -0.15) is 0 Å². The lowest BCUT2D eigenvalue weighted by atomic mass is 9.88. The highest BCUT2D eigenvalue weighted by Crippen LogP contribution is 2.44. The van der Waals surface area contributed by atoms with Crippen molar-refractivity contribution in [1.82, 2.24) is 15.1 Å². The summed E-state index contributed by atoms with van der Waals surface area (Å²) in [5.74, 6) is -2.06. The summed E-state index contributed by atoms with van der Waals surface area (Å²) in [6, 6.07) is 14.2. The second kappa shape index (κ2) is 17.4. The van der Waals surface area contributed by atoms with Crippen LogP contribution in [0.25, 0.3) is 11.1 Å². The fourth-order valence-corrected chi connectivity index (χ4v) is 7.31. The van der Waals surface area contributed by atoms with Crippen LogP contribution in [0.3, 0.4) is 0 Å². The van der Waals surface area contributed by atoms with Gasteiger partial charge in [-0.3, -0.25) is 29.5 Å². The Morgan fingerprint density at radius 3 is 1.78 bits per heavy atom. The number of benzene rings is 2. The van der Waals surface area contributed by atoms with Crippen LogP contribution in [-0.2, 0) is 28.6 Å². The van der Waals surface area contributed by atoms with E-state index in [0.717, 1.165) is 28.7 Å². The molecule has 0 radical (unpaired) electrons. The fraction of sp³-hybridized carbons (Fsp3) is 0.600. The van der Waals surface area contributed by atoms with E-state index in [1.165, 1.54) is 11.9 Å². The summed E-state index contributed by atoms with van der Waals surface area (Å²) in [5, 5.41) is 2.62. The van der Waals surface area contributed by atoms with Crippen LogP contribution in [0.4, 0.5) is 4.79 Å². The molecule has 0 saturated carbocycles. The lowest BCUT2D eigenvalue weighted by molar-refractivity contribution is -0.159. The zero-order valence-electron chi connectivity index (χ0n) is 32.1. The van der Waals surface area contributed by atoms with Crippen molar-refractivity contribution in [2.75, 3.05) is 27.8 Å². The van der Waals surface area contributed by atoms with Crippen LogP contribution in [0, 0.1) is 17.8 Å². The number of nitrogens with zero attached hydrogens (tertiary/aromatic N) is 2. The molecule has 1 N–H and O–H groups in total. The van der Waals surface area contributed by atoms with Crippen LogP contribution in [0.15, 0.2) is 48.5 Å². The first kappa shape index (κ1) is 40.7. The van der Waals surface area contributed by atoms with E-state index >= 15 is 0 Å². The van der Waals surface area contributed by atoms with E-state index in [4.69, 9.17) is 14.2 Å². The summed E-state index contributed by atoms with van der Waals surface area (Å²) < 4.78 is 17.3. The second-order valence-corrected chi connectivity index (χ2v) is 15.3. The maximum atomic E-state index is 14.0. The van der Waals surface area contributed by atoms with Gasteiger partial charge >= 0.3 is 12.1 Å². The molecule has 50 heavy (non-hydrogen) atoms. The largest absolute Gasteiger partial charge is 0.460 e. The van der Waals surface area contributed by atoms with Crippen LogP contribution in [0.1, 0.15) is 92.2 Å². The standard InChI is InChI=1S/C40H59N3O7/c1-13-26(6)36(32(48-12)22-33(44)50-40(7,8)9)42(10)34(24(2)3)37(45)41-38(46)35(25(4)5)43(11)39(47)49-23-31-29-20-16-14-18-27(29)28-19-15-17-21-30(28)31/h14-21,24-26,31-32,34-36H,13,22-23H2,1-12H3,(H,41,45,46)/t26-,32+,34-,35-,36-/m0/s1. The van der Waals surface area contributed by atoms with Crippen molar-refractivity contribution in [3.63, 3.8) is 0 Å². The van der Waals surface area contributed by atoms with E-state index in [9.17, 15) is 19.2 Å². The number of hydrogen-bond donors (Lipinski definition) is 1. The number of carbonyl (C=O) groups excluding carboxylic acids is 4. The number of methoxy groups -OCH3 is 1. The third kappa shape index (κ3) is 9.72. The Labute approximate surface area is 299 Å². The minimum Gasteiger partial charge on any atom is -0.460 e. The van der Waals surface area contributed by atoms with E-state index in [0.29, 0.717) is 0 Å². The van der Waals surface area contributed by atoms with Crippen LogP contribution >= 0.6 is 0 Å². The molecule has 1 aliphatic rings. The van der Waals surface area contributed by atoms with Crippen molar-refractivity contribution in [2.24, 2.45) is 17.8 Å². The molecule has 0 aromatic heterocycles. The average Bonchev–Trinajstić information content (AvgIpc) is 3.35. The molecular formula is C40H59N3O7. The van der Waals surface area contributed by atoms with Crippen molar-refractivity contribution in [3.05, 3.63) is 59.7 Å². The van der Waals surface area contributed by atoms with E-state index in [-0.39, 0.29) is 48.7 Å². The van der Waals surface area contributed by atoms with Crippen LogP contribution in [0.5, 0.6) is 0 Å². The summed E-state index contributed by atoms with van der Waals surface area (Å²) in [7, 11) is 4.91. The quantitative estimate of drug-likeness (QED) is 0.206. The molecule has 3 amide bonds. The minimum absolute atomic E-state index is 0.0127. The van der Waals surface area contributed by atoms with Gasteiger partial charge in [0.15, 0.2) is 0 Å². The molecule has 0 unspecified atom stereocenters. The smallest absolute Gasteiger partial charge is 0.410 e. The van der Waals surface area contributed by atoms with Crippen molar-refractivity contribution in [1.29, 1.82) is 0 Å². The van der Waals surface area contributed by atoms with Crippen molar-refractivity contribution in [3.8, 4) is 11.1 Å². The Balaban J connectivity index is 1.76. The zero-order valence-corrected chi connectivity index (χ0v) is 32.1. The van der Waals surface area contributed by atoms with E-state index in [1.807, 2.05) is 104 Å². The van der Waals surface area contributed by atoms with Crippen molar-refractivity contribution >= 4 is 23.9 Å². The van der Waals surface area contributed by atoms with E-state index in [2.05, 4.69) is 24.4 Å². The molecule has 0 spiro atoms. The number of fused-ring (bicyclic) bond motifs is 3. The molecular weight excluding hydrogens is 634 g/mol. The highest BCUT2D eigenvalue weighted by Gasteiger charge is 2.41. The summed E-state index contributed by atoms with van der Waals surface area (Å²) in [5.41, 5.74) is 3.78. The molecule has 1 aliphatic carbocycles. The number of likely N-dealkylation sites (N-methyl/N-ethyl adjacent to an activating group) is 2. The molecule has 10 nitrogen and oxygen atoms in total. The first-order valence-electron chi connectivity index (χ1n) is 17.8. The number of imide groups is 1. The maximum absolute atomic E-state index is 14.0. The van der Waals surface area contributed by atoms with Gasteiger partial charge in [0, 0.05) is 26.1 Å². The van der Waals surface area contributed by atoms with Gasteiger partial charge in [0.1, 0.15) is 18.2 Å². The number of ether oxygens (including phenoxy) is 3. The van der Waals surface area contributed by atoms with Crippen LogP contribution < -0.4 is 5.32 Å². The second-order valence-electron chi connectivity index (χ2n) is 15.3. The van der Waals surface area contributed by atoms with Gasteiger partial charge in [-0.1, -0.05) is 96.5 Å². The lowest BCUT2D eigenvalue weighted by Crippen LogP contribution is -2.60. The van der Waals surface area contributed by atoms with E-state index in [1.54, 1.807) is 7.11 Å². The summed E-state index contributed by atoms with van der Waals surface area (Å²) in [6.07, 6.45) is -0.418. The van der Waals surface area contributed by atoms with Gasteiger partial charge in [-0.25, -0.2) is 4.79 Å². The third-order valence-electron chi connectivity index (χ3n) is 9.70. The number of carbonyl (C=O) groups is 4. The fourth-order valence-electron chi connectivity index (χ4n) is 7.31. The number of esters is 1. The molecule has 5 atom stereocenters. The van der Waals surface area contributed by atoms with Crippen molar-refractivity contribution < 1.29 is 33.4 Å². The number of amides is 3. The summed E-state index contributed by atoms with van der Waals surface area (Å²) in [4.78, 5) is 57.3. The van der Waals surface area contributed by atoms with Gasteiger partial charge < -0.3 is 14.2 Å². The van der Waals surface area contributed by atoms with Gasteiger partial charge in [-0.05, 0) is 67.8 Å². The zero-order chi connectivity index (χ0) is 37.5. The van der Waals surface area contributed by atoms with Crippen molar-refractivity contribution in [2.45, 2.75) is 111 Å². The molecule has 0 fully saturated rings. The predicted octanol–water partition coefficient (Wildman–Crippen LogP) is 6.65. The number of nitrogens with one attached hydrogen (secondary N) is 1. The monoisotopic (exact) mass is 693 g/mol. The Morgan fingerprint density at radius 2 is 1.32 bits per heavy atom. The summed E-state index contributed by atoms with van der Waals surface area (Å²) >= 11 is 0. The van der Waals surface area contributed by atoms with Gasteiger partial charge in [0.2, 0.25) is 11.8 Å². The molecule has 10 heteroatoms. The topological polar surface area (TPSA) is 114 Å². The van der Waals surface area contributed by atoms with Crippen LogP contribution in [0.2, 0.25) is 0 Å². The molecule has 0 bridgehead atoms. The Hall–Kier alpha value is -3.76. The molecule has 3 rings (SSSR count). The van der Waals surface area contributed by atoms with Gasteiger partial charge in [-0.15, -0.1) is 0 Å². The number of hydrogen-bond acceptors (Lipinski definition) is 8. The molecule has 276 valence electrons. The first-order valence-corrected chi connectivity index (χ1v) is 17.8. The SMILES string of the molecule is CC[C@H](C)[C@@H]([C@@H](CC(=O)OC(C)(C)C)OC)N(C)[C@H](C(=O)NC(=O)[C@H](C(C)C)N(C)C(=O)OCC1c2ccccc2-c2ccccc21)C(C)C. The molecule has 0 saturated heterocycles. The Bertz CT molecular complexity index is 1440. The number of rotatable bonds is 15. The molecule has 2 aromatic carbocycles. The molecule has 0 heterocycles. The minimum atomic E-state index is -0.961. The van der Waals surface area contributed by atoms with Crippen LogP contribution in [-0.4, -0.2) is 91.3 Å². The highest BCUT2D eigenvalue weighted by atomic mass is 16.6. The molecule has 2 aromatic rings. The molecule has 0 aliphatic heterocycles. The Kier molecular flexibility index (Phi) is 14.2. The average molecular weight is 694 g/mol. The maximum Gasteiger partial charge on any atom is 0.410 e. The third-order valence-corrected chi connectivity index (χ3v) is 9.70. The predicted molar refractivity (Wildman–Crippen MR) is 195 cm³/mol. The first-order chi connectivity index (χ1) is 23.4. The van der Waals surface area contributed by atoms with E-state index < -0.39 is 41.7 Å². The highest BCUT2D eigenvalue weighted by molar-refractivity contribution is 6.01. The normalized spacial score (nSPS) is 15.9. The van der Waals surface area contributed by atoms with Gasteiger partial charge in [0.25, 0.3) is 0 Å². The summed E-state index contributed by atoms with van der Waals surface area (Å²) in [6.45, 7) is 17.1. The lowest BCUT2D eigenvalue weighted by Gasteiger charge is -2.42. The van der Waals surface area contributed by atoms with Gasteiger partial charge in [0.05, 0.1) is 18.6 Å².